The number of hydrogen-bond acceptors (Lipinski definition) is 5. The fraction of sp³-hybridized carbons (Fsp3) is 0.500. The van der Waals surface area contributed by atoms with E-state index in [-0.39, 0.29) is 18.4 Å². The summed E-state index contributed by atoms with van der Waals surface area (Å²) in [5, 5.41) is 0. The van der Waals surface area contributed by atoms with Crippen molar-refractivity contribution in [3.05, 3.63) is 35.9 Å². The Morgan fingerprint density at radius 2 is 1.96 bits per heavy atom. The van der Waals surface area contributed by atoms with Crippen molar-refractivity contribution in [1.82, 2.24) is 9.80 Å². The van der Waals surface area contributed by atoms with E-state index in [0.29, 0.717) is 39.1 Å². The van der Waals surface area contributed by atoms with Gasteiger partial charge in [0.2, 0.25) is 11.8 Å². The smallest absolute Gasteiger partial charge is 0.246 e. The molecule has 2 aliphatic heterocycles. The first-order valence-electron chi connectivity index (χ1n) is 9.14. The number of carbonyl (C=O) groups excluding carboxylic acids is 2. The zero-order chi connectivity index (χ0) is 19.3. The Morgan fingerprint density at radius 3 is 2.63 bits per heavy atom. The van der Waals surface area contributed by atoms with Crippen molar-refractivity contribution >= 4 is 17.9 Å². The second-order valence-corrected chi connectivity index (χ2v) is 6.79. The molecule has 0 aliphatic carbocycles. The molecule has 2 amide bonds. The standard InChI is InChI=1S/C20H26N2O5/c1-21(18(23)7-6-16-4-3-5-17(14-16)25-2)15-19(24)22-10-8-20(9-11-22)26-12-13-27-20/h3-7,14H,8-13,15H2,1-2H3/b7-6+. The Morgan fingerprint density at radius 1 is 1.26 bits per heavy atom. The number of nitrogens with zero attached hydrogens (tertiary/aromatic N) is 2. The van der Waals surface area contributed by atoms with Crippen LogP contribution in [0, 0.1) is 0 Å². The second-order valence-electron chi connectivity index (χ2n) is 6.79. The number of likely N-dealkylation sites (tertiary alicyclic amines) is 1. The lowest BCUT2D eigenvalue weighted by Crippen LogP contribution is -2.49. The molecule has 2 saturated heterocycles. The van der Waals surface area contributed by atoms with Crippen LogP contribution in [0.25, 0.3) is 6.08 Å². The molecule has 3 rings (SSSR count). The molecule has 0 radical (unpaired) electrons. The highest BCUT2D eigenvalue weighted by molar-refractivity contribution is 5.94. The summed E-state index contributed by atoms with van der Waals surface area (Å²) in [6, 6.07) is 7.42. The highest BCUT2D eigenvalue weighted by Gasteiger charge is 2.40. The molecule has 0 atom stereocenters. The first-order chi connectivity index (χ1) is 13.0. The van der Waals surface area contributed by atoms with Crippen molar-refractivity contribution in [1.29, 1.82) is 0 Å². The Hall–Kier alpha value is -2.38. The van der Waals surface area contributed by atoms with E-state index in [0.717, 1.165) is 11.3 Å². The van der Waals surface area contributed by atoms with Gasteiger partial charge in [-0.1, -0.05) is 12.1 Å². The molecular weight excluding hydrogens is 348 g/mol. The topological polar surface area (TPSA) is 68.3 Å². The van der Waals surface area contributed by atoms with Crippen LogP contribution in [0.4, 0.5) is 0 Å². The lowest BCUT2D eigenvalue weighted by molar-refractivity contribution is -0.187. The van der Waals surface area contributed by atoms with Crippen LogP contribution in [0.3, 0.4) is 0 Å². The van der Waals surface area contributed by atoms with E-state index in [1.165, 1.54) is 11.0 Å². The molecule has 146 valence electrons. The van der Waals surface area contributed by atoms with Crippen molar-refractivity contribution in [3.8, 4) is 5.75 Å². The molecule has 1 aromatic carbocycles. The van der Waals surface area contributed by atoms with Crippen LogP contribution in [0.1, 0.15) is 18.4 Å². The minimum absolute atomic E-state index is 0.0516. The fourth-order valence-corrected chi connectivity index (χ4v) is 3.30. The first-order valence-corrected chi connectivity index (χ1v) is 9.14. The van der Waals surface area contributed by atoms with Crippen LogP contribution in [-0.4, -0.2) is 74.4 Å². The number of likely N-dealkylation sites (N-methyl/N-ethyl adjacent to an activating group) is 1. The van der Waals surface area contributed by atoms with Crippen LogP contribution in [0.5, 0.6) is 5.75 Å². The van der Waals surface area contributed by atoms with Gasteiger partial charge in [0.1, 0.15) is 5.75 Å². The molecule has 2 heterocycles. The second kappa shape index (κ2) is 8.54. The predicted octanol–water partition coefficient (Wildman–Crippen LogP) is 1.53. The average molecular weight is 374 g/mol. The van der Waals surface area contributed by atoms with Gasteiger partial charge < -0.3 is 24.0 Å². The number of piperidine rings is 1. The molecule has 0 N–H and O–H groups in total. The van der Waals surface area contributed by atoms with Gasteiger partial charge in [-0.15, -0.1) is 0 Å². The lowest BCUT2D eigenvalue weighted by atomic mass is 10.0. The summed E-state index contributed by atoms with van der Waals surface area (Å²) in [5.41, 5.74) is 0.861. The van der Waals surface area contributed by atoms with Gasteiger partial charge in [0.15, 0.2) is 5.79 Å². The van der Waals surface area contributed by atoms with Gasteiger partial charge in [0.05, 0.1) is 26.9 Å². The monoisotopic (exact) mass is 374 g/mol. The molecular formula is C20H26N2O5. The molecule has 2 fully saturated rings. The van der Waals surface area contributed by atoms with E-state index in [4.69, 9.17) is 14.2 Å². The molecule has 7 nitrogen and oxygen atoms in total. The summed E-state index contributed by atoms with van der Waals surface area (Å²) in [6.45, 7) is 2.45. The van der Waals surface area contributed by atoms with Crippen molar-refractivity contribution in [3.63, 3.8) is 0 Å². The van der Waals surface area contributed by atoms with Gasteiger partial charge >= 0.3 is 0 Å². The number of rotatable bonds is 5. The third kappa shape index (κ3) is 4.87. The predicted molar refractivity (Wildman–Crippen MR) is 100 cm³/mol. The number of methoxy groups -OCH3 is 1. The third-order valence-corrected chi connectivity index (χ3v) is 4.95. The molecule has 27 heavy (non-hydrogen) atoms. The van der Waals surface area contributed by atoms with E-state index >= 15 is 0 Å². The Balaban J connectivity index is 1.49. The molecule has 0 saturated carbocycles. The summed E-state index contributed by atoms with van der Waals surface area (Å²) < 4.78 is 16.5. The Kier molecular flexibility index (Phi) is 6.13. The highest BCUT2D eigenvalue weighted by Crippen LogP contribution is 2.31. The zero-order valence-corrected chi connectivity index (χ0v) is 15.8. The van der Waals surface area contributed by atoms with Crippen LogP contribution < -0.4 is 4.74 Å². The molecule has 0 aromatic heterocycles. The van der Waals surface area contributed by atoms with Gasteiger partial charge in [0, 0.05) is 39.1 Å². The van der Waals surface area contributed by atoms with Crippen LogP contribution in [-0.2, 0) is 19.1 Å². The van der Waals surface area contributed by atoms with Crippen LogP contribution in [0.2, 0.25) is 0 Å². The van der Waals surface area contributed by atoms with Crippen molar-refractivity contribution < 1.29 is 23.8 Å². The summed E-state index contributed by atoms with van der Waals surface area (Å²) in [4.78, 5) is 28.0. The van der Waals surface area contributed by atoms with Gasteiger partial charge in [-0.05, 0) is 23.8 Å². The van der Waals surface area contributed by atoms with E-state index in [1.807, 2.05) is 24.3 Å². The average Bonchev–Trinajstić information content (AvgIpc) is 3.14. The van der Waals surface area contributed by atoms with Crippen molar-refractivity contribution in [2.75, 3.05) is 47.0 Å². The number of hydrogen-bond donors (Lipinski definition) is 0. The van der Waals surface area contributed by atoms with Gasteiger partial charge in [-0.3, -0.25) is 9.59 Å². The van der Waals surface area contributed by atoms with Crippen molar-refractivity contribution in [2.45, 2.75) is 18.6 Å². The number of carbonyl (C=O) groups is 2. The highest BCUT2D eigenvalue weighted by atomic mass is 16.7. The van der Waals surface area contributed by atoms with E-state index in [9.17, 15) is 9.59 Å². The summed E-state index contributed by atoms with van der Waals surface area (Å²) in [6.07, 6.45) is 4.52. The maximum Gasteiger partial charge on any atom is 0.246 e. The molecule has 7 heteroatoms. The molecule has 0 bridgehead atoms. The molecule has 1 spiro atoms. The van der Waals surface area contributed by atoms with Gasteiger partial charge in [-0.25, -0.2) is 0 Å². The Labute approximate surface area is 159 Å². The van der Waals surface area contributed by atoms with Crippen LogP contribution in [0.15, 0.2) is 30.3 Å². The fourth-order valence-electron chi connectivity index (χ4n) is 3.30. The molecule has 1 aromatic rings. The van der Waals surface area contributed by atoms with Gasteiger partial charge in [-0.2, -0.15) is 0 Å². The summed E-state index contributed by atoms with van der Waals surface area (Å²) in [7, 11) is 3.23. The van der Waals surface area contributed by atoms with Crippen molar-refractivity contribution in [2.24, 2.45) is 0 Å². The lowest BCUT2D eigenvalue weighted by Gasteiger charge is -2.38. The van der Waals surface area contributed by atoms with Crippen LogP contribution >= 0.6 is 0 Å². The zero-order valence-electron chi connectivity index (χ0n) is 15.8. The normalized spacial score (nSPS) is 18.8. The third-order valence-electron chi connectivity index (χ3n) is 4.95. The molecule has 0 unspecified atom stereocenters. The minimum atomic E-state index is -0.502. The number of benzene rings is 1. The number of ether oxygens (including phenoxy) is 3. The van der Waals surface area contributed by atoms with Gasteiger partial charge in [0.25, 0.3) is 0 Å². The minimum Gasteiger partial charge on any atom is -0.497 e. The largest absolute Gasteiger partial charge is 0.497 e. The van der Waals surface area contributed by atoms with E-state index in [2.05, 4.69) is 0 Å². The van der Waals surface area contributed by atoms with E-state index < -0.39 is 5.79 Å². The SMILES string of the molecule is COc1cccc(/C=C/C(=O)N(C)CC(=O)N2CCC3(CC2)OCCO3)c1. The summed E-state index contributed by atoms with van der Waals surface area (Å²) in [5.74, 6) is -0.0559. The summed E-state index contributed by atoms with van der Waals surface area (Å²) >= 11 is 0. The maximum atomic E-state index is 12.5. The number of amides is 2. The molecule has 2 aliphatic rings. The Bertz CT molecular complexity index is 702. The maximum absolute atomic E-state index is 12.5. The first kappa shape index (κ1) is 19.4. The quantitative estimate of drug-likeness (QED) is 0.731. The van der Waals surface area contributed by atoms with E-state index in [1.54, 1.807) is 25.1 Å².